The molecule has 106 valence electrons. The van der Waals surface area contributed by atoms with Gasteiger partial charge in [-0.1, -0.05) is 52.8 Å². The lowest BCUT2D eigenvalue weighted by Crippen LogP contribution is -2.24. The maximum atomic E-state index is 11.8. The number of rotatable bonds is 6. The van der Waals surface area contributed by atoms with E-state index >= 15 is 0 Å². The van der Waals surface area contributed by atoms with E-state index in [2.05, 4.69) is 45.9 Å². The molecular formula is C17H26O2. The maximum absolute atomic E-state index is 11.8. The first-order valence-corrected chi connectivity index (χ1v) is 7.20. The van der Waals surface area contributed by atoms with Gasteiger partial charge in [0.15, 0.2) is 11.9 Å². The SMILES string of the molecule is CCC(=O)C(C)Oc1c(C(C)C)cccc1C(C)C. The predicted molar refractivity (Wildman–Crippen MR) is 80.0 cm³/mol. The minimum atomic E-state index is -0.373. The predicted octanol–water partition coefficient (Wildman–Crippen LogP) is 4.68. The number of hydrogen-bond acceptors (Lipinski definition) is 2. The largest absolute Gasteiger partial charge is 0.482 e. The number of hydrogen-bond donors (Lipinski definition) is 0. The van der Waals surface area contributed by atoms with Crippen molar-refractivity contribution in [3.8, 4) is 5.75 Å². The van der Waals surface area contributed by atoms with E-state index in [0.29, 0.717) is 18.3 Å². The van der Waals surface area contributed by atoms with Gasteiger partial charge in [0.1, 0.15) is 5.75 Å². The van der Waals surface area contributed by atoms with Crippen LogP contribution in [-0.4, -0.2) is 11.9 Å². The molecule has 0 aliphatic heterocycles. The Balaban J connectivity index is 3.18. The van der Waals surface area contributed by atoms with Crippen molar-refractivity contribution < 1.29 is 9.53 Å². The number of carbonyl (C=O) groups is 1. The summed E-state index contributed by atoms with van der Waals surface area (Å²) in [4.78, 5) is 11.8. The summed E-state index contributed by atoms with van der Waals surface area (Å²) in [6, 6.07) is 6.26. The van der Waals surface area contributed by atoms with E-state index in [1.165, 1.54) is 11.1 Å². The third-order valence-electron chi connectivity index (χ3n) is 3.42. The molecule has 0 aliphatic carbocycles. The second-order valence-corrected chi connectivity index (χ2v) is 5.65. The lowest BCUT2D eigenvalue weighted by atomic mass is 9.94. The molecule has 19 heavy (non-hydrogen) atoms. The molecule has 0 N–H and O–H groups in total. The Morgan fingerprint density at radius 3 is 1.89 bits per heavy atom. The Morgan fingerprint density at radius 1 is 1.05 bits per heavy atom. The van der Waals surface area contributed by atoms with Gasteiger partial charge in [0, 0.05) is 6.42 Å². The highest BCUT2D eigenvalue weighted by atomic mass is 16.5. The zero-order valence-electron chi connectivity index (χ0n) is 13.0. The molecular weight excluding hydrogens is 236 g/mol. The summed E-state index contributed by atoms with van der Waals surface area (Å²) in [5.74, 6) is 1.82. The molecule has 0 fully saturated rings. The number of benzene rings is 1. The Labute approximate surface area is 117 Å². The van der Waals surface area contributed by atoms with Crippen LogP contribution in [0.5, 0.6) is 5.75 Å². The van der Waals surface area contributed by atoms with Crippen LogP contribution in [0.3, 0.4) is 0 Å². The molecule has 1 rings (SSSR count). The monoisotopic (exact) mass is 262 g/mol. The van der Waals surface area contributed by atoms with Crippen LogP contribution in [0.25, 0.3) is 0 Å². The topological polar surface area (TPSA) is 26.3 Å². The van der Waals surface area contributed by atoms with Gasteiger partial charge < -0.3 is 4.74 Å². The van der Waals surface area contributed by atoms with Crippen LogP contribution in [0, 0.1) is 0 Å². The molecule has 0 amide bonds. The van der Waals surface area contributed by atoms with E-state index in [9.17, 15) is 4.79 Å². The summed E-state index contributed by atoms with van der Waals surface area (Å²) in [6.07, 6.45) is 0.143. The average Bonchev–Trinajstić information content (AvgIpc) is 2.37. The number of para-hydroxylation sites is 1. The molecule has 2 nitrogen and oxygen atoms in total. The molecule has 0 saturated heterocycles. The van der Waals surface area contributed by atoms with E-state index in [0.717, 1.165) is 5.75 Å². The van der Waals surface area contributed by atoms with Crippen LogP contribution in [0.2, 0.25) is 0 Å². The first-order valence-electron chi connectivity index (χ1n) is 7.20. The smallest absolute Gasteiger partial charge is 0.172 e. The fourth-order valence-corrected chi connectivity index (χ4v) is 2.15. The highest BCUT2D eigenvalue weighted by Gasteiger charge is 2.19. The Bertz CT molecular complexity index is 407. The third-order valence-corrected chi connectivity index (χ3v) is 3.42. The second kappa shape index (κ2) is 6.74. The zero-order valence-corrected chi connectivity index (χ0v) is 13.0. The van der Waals surface area contributed by atoms with Crippen LogP contribution in [-0.2, 0) is 4.79 Å². The Kier molecular flexibility index (Phi) is 5.59. The molecule has 1 unspecified atom stereocenters. The lowest BCUT2D eigenvalue weighted by molar-refractivity contribution is -0.124. The molecule has 1 atom stereocenters. The van der Waals surface area contributed by atoms with Gasteiger partial charge in [-0.05, 0) is 29.9 Å². The van der Waals surface area contributed by atoms with Crippen LogP contribution < -0.4 is 4.74 Å². The normalized spacial score (nSPS) is 12.8. The van der Waals surface area contributed by atoms with Gasteiger partial charge in [-0.2, -0.15) is 0 Å². The summed E-state index contributed by atoms with van der Waals surface area (Å²) in [5.41, 5.74) is 2.36. The summed E-state index contributed by atoms with van der Waals surface area (Å²) in [6.45, 7) is 12.3. The van der Waals surface area contributed by atoms with Gasteiger partial charge in [0.05, 0.1) is 0 Å². The van der Waals surface area contributed by atoms with Gasteiger partial charge in [-0.3, -0.25) is 4.79 Å². The standard InChI is InChI=1S/C17H26O2/c1-7-16(18)13(6)19-17-14(11(2)3)9-8-10-15(17)12(4)5/h8-13H,7H2,1-6H3. The highest BCUT2D eigenvalue weighted by molar-refractivity contribution is 5.82. The van der Waals surface area contributed by atoms with Gasteiger partial charge >= 0.3 is 0 Å². The molecule has 0 bridgehead atoms. The first kappa shape index (κ1) is 15.7. The molecule has 0 heterocycles. The van der Waals surface area contributed by atoms with Crippen LogP contribution in [0.4, 0.5) is 0 Å². The summed E-state index contributed by atoms with van der Waals surface area (Å²) >= 11 is 0. The fourth-order valence-electron chi connectivity index (χ4n) is 2.15. The number of Topliss-reactive ketones (excluding diaryl/α,β-unsaturated/α-hetero) is 1. The van der Waals surface area contributed by atoms with Crippen molar-refractivity contribution in [3.05, 3.63) is 29.3 Å². The Hall–Kier alpha value is -1.31. The quantitative estimate of drug-likeness (QED) is 0.744. The minimum absolute atomic E-state index is 0.147. The summed E-state index contributed by atoms with van der Waals surface area (Å²) < 4.78 is 6.00. The van der Waals surface area contributed by atoms with Crippen molar-refractivity contribution in [2.45, 2.75) is 65.9 Å². The maximum Gasteiger partial charge on any atom is 0.172 e. The van der Waals surface area contributed by atoms with Crippen molar-refractivity contribution in [1.29, 1.82) is 0 Å². The average molecular weight is 262 g/mol. The van der Waals surface area contributed by atoms with E-state index in [4.69, 9.17) is 4.74 Å². The van der Waals surface area contributed by atoms with Gasteiger partial charge in [0.2, 0.25) is 0 Å². The van der Waals surface area contributed by atoms with E-state index in [1.54, 1.807) is 0 Å². The van der Waals surface area contributed by atoms with E-state index < -0.39 is 0 Å². The van der Waals surface area contributed by atoms with Crippen molar-refractivity contribution in [2.75, 3.05) is 0 Å². The van der Waals surface area contributed by atoms with Crippen molar-refractivity contribution in [2.24, 2.45) is 0 Å². The molecule has 0 aliphatic rings. The van der Waals surface area contributed by atoms with Gasteiger partial charge in [-0.25, -0.2) is 0 Å². The molecule has 1 aromatic carbocycles. The molecule has 0 radical (unpaired) electrons. The number of ether oxygens (including phenoxy) is 1. The van der Waals surface area contributed by atoms with Gasteiger partial charge in [0.25, 0.3) is 0 Å². The lowest BCUT2D eigenvalue weighted by Gasteiger charge is -2.22. The van der Waals surface area contributed by atoms with Crippen LogP contribution in [0.15, 0.2) is 18.2 Å². The second-order valence-electron chi connectivity index (χ2n) is 5.65. The summed E-state index contributed by atoms with van der Waals surface area (Å²) in [5, 5.41) is 0. The van der Waals surface area contributed by atoms with E-state index in [-0.39, 0.29) is 11.9 Å². The first-order chi connectivity index (χ1) is 8.88. The van der Waals surface area contributed by atoms with Crippen molar-refractivity contribution in [3.63, 3.8) is 0 Å². The highest BCUT2D eigenvalue weighted by Crippen LogP contribution is 2.35. The molecule has 0 saturated carbocycles. The molecule has 0 spiro atoms. The van der Waals surface area contributed by atoms with E-state index in [1.807, 2.05) is 13.8 Å². The summed E-state index contributed by atoms with van der Waals surface area (Å²) in [7, 11) is 0. The Morgan fingerprint density at radius 2 is 1.53 bits per heavy atom. The number of carbonyl (C=O) groups excluding carboxylic acids is 1. The van der Waals surface area contributed by atoms with Crippen molar-refractivity contribution in [1.82, 2.24) is 0 Å². The molecule has 2 heteroatoms. The molecule has 0 aromatic heterocycles. The zero-order chi connectivity index (χ0) is 14.6. The minimum Gasteiger partial charge on any atom is -0.482 e. The molecule has 1 aromatic rings. The number of ketones is 1. The van der Waals surface area contributed by atoms with Crippen LogP contribution in [0.1, 0.15) is 70.9 Å². The van der Waals surface area contributed by atoms with Gasteiger partial charge in [-0.15, -0.1) is 0 Å². The van der Waals surface area contributed by atoms with Crippen LogP contribution >= 0.6 is 0 Å². The van der Waals surface area contributed by atoms with Crippen molar-refractivity contribution >= 4 is 5.78 Å². The third kappa shape index (κ3) is 3.82. The fraction of sp³-hybridized carbons (Fsp3) is 0.588.